The maximum atomic E-state index is 14.0. The third-order valence-corrected chi connectivity index (χ3v) is 6.13. The van der Waals surface area contributed by atoms with Gasteiger partial charge in [0.15, 0.2) is 5.13 Å². The van der Waals surface area contributed by atoms with Gasteiger partial charge in [-0.05, 0) is 50.5 Å². The highest BCUT2D eigenvalue weighted by Crippen LogP contribution is 2.31. The summed E-state index contributed by atoms with van der Waals surface area (Å²) >= 11 is 8.68. The summed E-state index contributed by atoms with van der Waals surface area (Å²) in [5, 5.41) is 1.19. The number of amides is 1. The highest BCUT2D eigenvalue weighted by molar-refractivity contribution is 8.00. The van der Waals surface area contributed by atoms with Crippen molar-refractivity contribution >= 4 is 56.0 Å². The van der Waals surface area contributed by atoms with E-state index in [1.54, 1.807) is 23.1 Å². The molecule has 0 aliphatic rings. The minimum Gasteiger partial charge on any atom is -0.308 e. The van der Waals surface area contributed by atoms with Crippen LogP contribution in [0.1, 0.15) is 0 Å². The molecule has 0 aliphatic carbocycles. The Kier molecular flexibility index (Phi) is 6.70. The molecule has 3 rings (SSSR count). The van der Waals surface area contributed by atoms with Crippen LogP contribution in [0.4, 0.5) is 9.52 Å². The van der Waals surface area contributed by atoms with E-state index in [-0.39, 0.29) is 17.5 Å². The number of nitrogens with zero attached hydrogens (tertiary/aromatic N) is 3. The predicted molar refractivity (Wildman–Crippen MR) is 113 cm³/mol. The van der Waals surface area contributed by atoms with Gasteiger partial charge in [0.05, 0.1) is 10.5 Å². The van der Waals surface area contributed by atoms with E-state index in [1.807, 2.05) is 37.2 Å². The maximum Gasteiger partial charge on any atom is 0.239 e. The lowest BCUT2D eigenvalue weighted by molar-refractivity contribution is -0.116. The Morgan fingerprint density at radius 3 is 2.59 bits per heavy atom. The largest absolute Gasteiger partial charge is 0.308 e. The first-order chi connectivity index (χ1) is 12.9. The van der Waals surface area contributed by atoms with Gasteiger partial charge in [-0.1, -0.05) is 29.0 Å². The van der Waals surface area contributed by atoms with Crippen LogP contribution in [0, 0.1) is 5.82 Å². The SMILES string of the molecule is CN(C)CCN(C(=O)CSc1ccc(Cl)cc1)c1nc2c(F)cccc2s1. The summed E-state index contributed by atoms with van der Waals surface area (Å²) < 4.78 is 14.7. The van der Waals surface area contributed by atoms with Gasteiger partial charge in [-0.3, -0.25) is 9.69 Å². The second-order valence-corrected chi connectivity index (χ2v) is 8.67. The second-order valence-electron chi connectivity index (χ2n) is 6.17. The molecule has 0 bridgehead atoms. The number of hydrogen-bond acceptors (Lipinski definition) is 5. The summed E-state index contributed by atoms with van der Waals surface area (Å²) in [5.41, 5.74) is 0.311. The Balaban J connectivity index is 1.79. The Hall–Kier alpha value is -1.67. The van der Waals surface area contributed by atoms with Crippen molar-refractivity contribution in [1.29, 1.82) is 0 Å². The summed E-state index contributed by atoms with van der Waals surface area (Å²) in [6.45, 7) is 1.18. The van der Waals surface area contributed by atoms with Crippen LogP contribution in [0.3, 0.4) is 0 Å². The van der Waals surface area contributed by atoms with Crippen LogP contribution in [0.25, 0.3) is 10.2 Å². The first kappa shape index (κ1) is 20.1. The molecule has 1 heterocycles. The number of carbonyl (C=O) groups excluding carboxylic acids is 1. The molecule has 142 valence electrons. The summed E-state index contributed by atoms with van der Waals surface area (Å²) in [6, 6.07) is 12.2. The van der Waals surface area contributed by atoms with Gasteiger partial charge in [0.1, 0.15) is 11.3 Å². The van der Waals surface area contributed by atoms with Crippen molar-refractivity contribution in [2.75, 3.05) is 37.8 Å². The number of anilines is 1. The lowest BCUT2D eigenvalue weighted by Crippen LogP contribution is -2.37. The third kappa shape index (κ3) is 5.19. The first-order valence-electron chi connectivity index (χ1n) is 8.32. The Morgan fingerprint density at radius 1 is 1.19 bits per heavy atom. The lowest BCUT2D eigenvalue weighted by atomic mass is 10.3. The number of para-hydroxylation sites is 1. The highest BCUT2D eigenvalue weighted by atomic mass is 35.5. The molecule has 4 nitrogen and oxygen atoms in total. The number of thioether (sulfide) groups is 1. The van der Waals surface area contributed by atoms with Crippen molar-refractivity contribution in [3.05, 3.63) is 53.3 Å². The molecular formula is C19H19ClFN3OS2. The van der Waals surface area contributed by atoms with Gasteiger partial charge in [-0.15, -0.1) is 11.8 Å². The van der Waals surface area contributed by atoms with E-state index in [1.165, 1.54) is 29.2 Å². The topological polar surface area (TPSA) is 36.4 Å². The zero-order valence-electron chi connectivity index (χ0n) is 15.0. The highest BCUT2D eigenvalue weighted by Gasteiger charge is 2.21. The molecule has 0 N–H and O–H groups in total. The third-order valence-electron chi connectivity index (χ3n) is 3.84. The standard InChI is InChI=1S/C19H19ClFN3OS2/c1-23(2)10-11-24(17(25)12-26-14-8-6-13(20)7-9-14)19-22-18-15(21)4-3-5-16(18)27-19/h3-9H,10-12H2,1-2H3. The number of benzene rings is 2. The van der Waals surface area contributed by atoms with E-state index < -0.39 is 0 Å². The van der Waals surface area contributed by atoms with Crippen LogP contribution < -0.4 is 4.90 Å². The van der Waals surface area contributed by atoms with Gasteiger partial charge in [0, 0.05) is 23.0 Å². The van der Waals surface area contributed by atoms with Crippen LogP contribution in [-0.2, 0) is 4.79 Å². The van der Waals surface area contributed by atoms with Crippen LogP contribution in [0.2, 0.25) is 5.02 Å². The Labute approximate surface area is 170 Å². The number of carbonyl (C=O) groups is 1. The number of fused-ring (bicyclic) bond motifs is 1. The normalized spacial score (nSPS) is 11.3. The number of thiazole rings is 1. The molecule has 0 saturated heterocycles. The van der Waals surface area contributed by atoms with Gasteiger partial charge in [-0.2, -0.15) is 0 Å². The quantitative estimate of drug-likeness (QED) is 0.512. The average molecular weight is 424 g/mol. The maximum absolute atomic E-state index is 14.0. The van der Waals surface area contributed by atoms with Crippen molar-refractivity contribution in [3.8, 4) is 0 Å². The molecule has 2 aromatic carbocycles. The van der Waals surface area contributed by atoms with Crippen molar-refractivity contribution in [2.45, 2.75) is 4.90 Å². The summed E-state index contributed by atoms with van der Waals surface area (Å²) in [7, 11) is 3.90. The molecule has 1 aromatic heterocycles. The molecule has 0 fully saturated rings. The summed E-state index contributed by atoms with van der Waals surface area (Å²) in [6.07, 6.45) is 0. The molecule has 27 heavy (non-hydrogen) atoms. The summed E-state index contributed by atoms with van der Waals surface area (Å²) in [5.74, 6) is -0.158. The number of aromatic nitrogens is 1. The van der Waals surface area contributed by atoms with E-state index in [9.17, 15) is 9.18 Å². The monoisotopic (exact) mass is 423 g/mol. The zero-order valence-corrected chi connectivity index (χ0v) is 17.4. The molecule has 8 heteroatoms. The molecule has 3 aromatic rings. The van der Waals surface area contributed by atoms with Crippen LogP contribution in [0.15, 0.2) is 47.4 Å². The van der Waals surface area contributed by atoms with Gasteiger partial charge in [0.25, 0.3) is 0 Å². The van der Waals surface area contributed by atoms with Crippen molar-refractivity contribution in [3.63, 3.8) is 0 Å². The van der Waals surface area contributed by atoms with Crippen LogP contribution in [-0.4, -0.2) is 48.7 Å². The fourth-order valence-electron chi connectivity index (χ4n) is 2.40. The van der Waals surface area contributed by atoms with E-state index >= 15 is 0 Å². The van der Waals surface area contributed by atoms with Crippen LogP contribution in [0.5, 0.6) is 0 Å². The van der Waals surface area contributed by atoms with Gasteiger partial charge < -0.3 is 4.90 Å². The molecule has 0 radical (unpaired) electrons. The zero-order chi connectivity index (χ0) is 19.4. The number of halogens is 2. The summed E-state index contributed by atoms with van der Waals surface area (Å²) in [4.78, 5) is 21.9. The van der Waals surface area contributed by atoms with Gasteiger partial charge >= 0.3 is 0 Å². The van der Waals surface area contributed by atoms with E-state index in [2.05, 4.69) is 4.98 Å². The molecule has 1 amide bonds. The smallest absolute Gasteiger partial charge is 0.239 e. The van der Waals surface area contributed by atoms with Gasteiger partial charge in [0.2, 0.25) is 5.91 Å². The number of likely N-dealkylation sites (N-methyl/N-ethyl adjacent to an activating group) is 1. The Morgan fingerprint density at radius 2 is 1.93 bits per heavy atom. The fourth-order valence-corrected chi connectivity index (χ4v) is 4.32. The minimum absolute atomic E-state index is 0.0590. The predicted octanol–water partition coefficient (Wildman–Crippen LogP) is 4.78. The number of rotatable bonds is 7. The van der Waals surface area contributed by atoms with Crippen molar-refractivity contribution in [1.82, 2.24) is 9.88 Å². The molecule has 0 spiro atoms. The van der Waals surface area contributed by atoms with Crippen LogP contribution >= 0.6 is 34.7 Å². The molecule has 0 aliphatic heterocycles. The van der Waals surface area contributed by atoms with Crippen molar-refractivity contribution in [2.24, 2.45) is 0 Å². The van der Waals surface area contributed by atoms with E-state index in [4.69, 9.17) is 11.6 Å². The van der Waals surface area contributed by atoms with Gasteiger partial charge in [-0.25, -0.2) is 9.37 Å². The number of hydrogen-bond donors (Lipinski definition) is 0. The van der Waals surface area contributed by atoms with E-state index in [0.29, 0.717) is 28.8 Å². The first-order valence-corrected chi connectivity index (χ1v) is 10.5. The van der Waals surface area contributed by atoms with Crippen molar-refractivity contribution < 1.29 is 9.18 Å². The van der Waals surface area contributed by atoms with E-state index in [0.717, 1.165) is 9.60 Å². The lowest BCUT2D eigenvalue weighted by Gasteiger charge is -2.21. The minimum atomic E-state index is -0.370. The second kappa shape index (κ2) is 9.01. The fraction of sp³-hybridized carbons (Fsp3) is 0.263. The molecular weight excluding hydrogens is 405 g/mol. The molecule has 0 atom stereocenters. The molecule has 0 saturated carbocycles. The Bertz CT molecular complexity index is 930. The molecule has 0 unspecified atom stereocenters. The average Bonchev–Trinajstić information content (AvgIpc) is 3.06.